The standard InChI is InChI=1S/C22H22N6O7S3/c1-2-35-26-15(13-10-38-22(23)24-13)18(31)25-16-19(32)28-17(21(33)34)11(9-37-20(16)28)8-36-12-3-5-27(6-4-12)7-14(29)30/h3-6,10,16,20H,2,7-9H2,1H3,(H4-,23,24,25,29,30,31,33,34)/t16?,20-/m1/s1. The highest BCUT2D eigenvalue weighted by Gasteiger charge is 2.53. The number of carbonyl (C=O) groups excluding carboxylic acids is 3. The summed E-state index contributed by atoms with van der Waals surface area (Å²) in [5.41, 5.74) is 6.01. The van der Waals surface area contributed by atoms with Gasteiger partial charge in [-0.1, -0.05) is 5.16 Å². The summed E-state index contributed by atoms with van der Waals surface area (Å²) in [7, 11) is 0. The van der Waals surface area contributed by atoms with E-state index in [2.05, 4.69) is 15.5 Å². The van der Waals surface area contributed by atoms with Gasteiger partial charge in [0.05, 0.1) is 11.7 Å². The molecule has 0 bridgehead atoms. The van der Waals surface area contributed by atoms with Gasteiger partial charge >= 0.3 is 5.97 Å². The lowest BCUT2D eigenvalue weighted by molar-refractivity contribution is -0.686. The number of aliphatic carboxylic acids is 2. The van der Waals surface area contributed by atoms with E-state index < -0.39 is 35.2 Å². The van der Waals surface area contributed by atoms with Crippen LogP contribution in [-0.4, -0.2) is 74.0 Å². The molecule has 13 nitrogen and oxygen atoms in total. The van der Waals surface area contributed by atoms with Crippen LogP contribution < -0.4 is 20.7 Å². The van der Waals surface area contributed by atoms with Gasteiger partial charge in [0.15, 0.2) is 23.2 Å². The van der Waals surface area contributed by atoms with Gasteiger partial charge in [-0.15, -0.1) is 34.9 Å². The molecule has 4 N–H and O–H groups in total. The van der Waals surface area contributed by atoms with Crippen LogP contribution in [0.5, 0.6) is 0 Å². The molecule has 16 heteroatoms. The predicted molar refractivity (Wildman–Crippen MR) is 137 cm³/mol. The van der Waals surface area contributed by atoms with Gasteiger partial charge in [0.2, 0.25) is 6.54 Å². The Balaban J connectivity index is 1.45. The molecule has 1 fully saturated rings. The SMILES string of the molecule is CCON=C(C(=O)NC1C(=O)N2C(C(=O)[O-])=C(CSc3cc[n+](CC(=O)O)cc3)CS[C@H]12)c1csc(N)n1. The lowest BCUT2D eigenvalue weighted by atomic mass is 10.0. The number of β-lactam (4-membered cyclic amide) rings is 1. The second-order valence-corrected chi connectivity index (χ2v) is 11.0. The molecular formula is C22H22N6O7S3. The number of nitrogen functional groups attached to an aromatic ring is 1. The number of nitrogens with zero attached hydrogens (tertiary/aromatic N) is 4. The molecule has 0 aromatic carbocycles. The van der Waals surface area contributed by atoms with Crippen molar-refractivity contribution in [1.29, 1.82) is 0 Å². The zero-order valence-corrected chi connectivity index (χ0v) is 22.3. The molecule has 2 aliphatic heterocycles. The van der Waals surface area contributed by atoms with Crippen molar-refractivity contribution in [3.63, 3.8) is 0 Å². The summed E-state index contributed by atoms with van der Waals surface area (Å²) in [6.07, 6.45) is 3.23. The van der Waals surface area contributed by atoms with E-state index in [9.17, 15) is 24.3 Å². The van der Waals surface area contributed by atoms with Gasteiger partial charge in [0, 0.05) is 33.9 Å². The first-order valence-electron chi connectivity index (χ1n) is 11.1. The molecule has 1 saturated heterocycles. The molecule has 0 radical (unpaired) electrons. The van der Waals surface area contributed by atoms with Gasteiger partial charge in [-0.3, -0.25) is 14.5 Å². The van der Waals surface area contributed by atoms with Crippen LogP contribution in [0.25, 0.3) is 0 Å². The number of oxime groups is 1. The molecule has 2 aliphatic rings. The zero-order valence-electron chi connectivity index (χ0n) is 19.9. The van der Waals surface area contributed by atoms with E-state index in [1.54, 1.807) is 31.5 Å². The van der Waals surface area contributed by atoms with Crippen LogP contribution in [0.4, 0.5) is 5.13 Å². The number of anilines is 1. The van der Waals surface area contributed by atoms with Crippen molar-refractivity contribution in [2.24, 2.45) is 5.16 Å². The summed E-state index contributed by atoms with van der Waals surface area (Å²) in [5, 5.41) is 28.5. The molecular weight excluding hydrogens is 556 g/mol. The Morgan fingerprint density at radius 2 is 2.13 bits per heavy atom. The topological polar surface area (TPSA) is 191 Å². The number of carboxylic acids is 2. The average molecular weight is 579 g/mol. The first-order valence-corrected chi connectivity index (χ1v) is 14.0. The number of carbonyl (C=O) groups is 4. The maximum atomic E-state index is 13.0. The number of carboxylic acid groups (broad SMARTS) is 2. The van der Waals surface area contributed by atoms with Gasteiger partial charge < -0.3 is 30.9 Å². The Kier molecular flexibility index (Phi) is 8.53. The van der Waals surface area contributed by atoms with Gasteiger partial charge in [0.25, 0.3) is 11.8 Å². The monoisotopic (exact) mass is 578 g/mol. The number of nitrogens with one attached hydrogen (secondary N) is 1. The number of rotatable bonds is 11. The number of hydrogen-bond acceptors (Lipinski definition) is 12. The molecule has 4 rings (SSSR count). The molecule has 200 valence electrons. The van der Waals surface area contributed by atoms with Gasteiger partial charge in [-0.2, -0.15) is 4.57 Å². The Morgan fingerprint density at radius 1 is 1.39 bits per heavy atom. The van der Waals surface area contributed by atoms with Crippen molar-refractivity contribution in [1.82, 2.24) is 15.2 Å². The van der Waals surface area contributed by atoms with Crippen molar-refractivity contribution in [3.8, 4) is 0 Å². The highest BCUT2D eigenvalue weighted by atomic mass is 32.2. The molecule has 4 heterocycles. The number of thioether (sulfide) groups is 2. The Bertz CT molecular complexity index is 1330. The van der Waals surface area contributed by atoms with Crippen LogP contribution in [-0.2, 0) is 30.6 Å². The van der Waals surface area contributed by atoms with Crippen LogP contribution in [0.3, 0.4) is 0 Å². The second kappa shape index (κ2) is 11.8. The van der Waals surface area contributed by atoms with Crippen molar-refractivity contribution >= 4 is 69.5 Å². The maximum Gasteiger partial charge on any atom is 0.370 e. The molecule has 2 aromatic heterocycles. The minimum absolute atomic E-state index is 0.146. The smallest absolute Gasteiger partial charge is 0.370 e. The molecule has 0 spiro atoms. The minimum Gasteiger partial charge on any atom is -0.543 e. The molecule has 1 unspecified atom stereocenters. The minimum atomic E-state index is -1.48. The fourth-order valence-electron chi connectivity index (χ4n) is 3.69. The number of fused-ring (bicyclic) bond motifs is 1. The quantitative estimate of drug-likeness (QED) is 0.0978. The fraction of sp³-hybridized carbons (Fsp3) is 0.318. The summed E-state index contributed by atoms with van der Waals surface area (Å²) in [6.45, 7) is 1.73. The third-order valence-electron chi connectivity index (χ3n) is 5.38. The number of aromatic nitrogens is 2. The van der Waals surface area contributed by atoms with Crippen LogP contribution in [0, 0.1) is 0 Å². The maximum absolute atomic E-state index is 13.0. The highest BCUT2D eigenvalue weighted by molar-refractivity contribution is 8.01. The summed E-state index contributed by atoms with van der Waals surface area (Å²) in [6, 6.07) is 2.48. The normalized spacial score (nSPS) is 19.0. The average Bonchev–Trinajstić information content (AvgIpc) is 3.31. The third-order valence-corrected chi connectivity index (χ3v) is 8.50. The van der Waals surface area contributed by atoms with Crippen LogP contribution in [0.1, 0.15) is 12.6 Å². The van der Waals surface area contributed by atoms with Crippen LogP contribution in [0.15, 0.2) is 51.2 Å². The Labute approximate surface area is 228 Å². The molecule has 0 aliphatic carbocycles. The van der Waals surface area contributed by atoms with Gasteiger partial charge in [-0.05, 0) is 12.5 Å². The first-order chi connectivity index (χ1) is 18.2. The Hall–Kier alpha value is -3.63. The van der Waals surface area contributed by atoms with E-state index in [0.717, 1.165) is 21.1 Å². The number of amides is 2. The van der Waals surface area contributed by atoms with Crippen molar-refractivity contribution in [2.75, 3.05) is 23.8 Å². The first kappa shape index (κ1) is 27.4. The zero-order chi connectivity index (χ0) is 27.4. The van der Waals surface area contributed by atoms with E-state index >= 15 is 0 Å². The third kappa shape index (κ3) is 5.92. The number of hydrogen-bond donors (Lipinski definition) is 3. The summed E-state index contributed by atoms with van der Waals surface area (Å²) in [4.78, 5) is 59.8. The number of thiazole rings is 1. The molecule has 38 heavy (non-hydrogen) atoms. The van der Waals surface area contributed by atoms with E-state index in [0.29, 0.717) is 11.3 Å². The van der Waals surface area contributed by atoms with E-state index in [1.807, 2.05) is 0 Å². The van der Waals surface area contributed by atoms with Crippen LogP contribution >= 0.6 is 34.9 Å². The van der Waals surface area contributed by atoms with E-state index in [4.69, 9.17) is 15.7 Å². The number of pyridine rings is 1. The summed E-state index contributed by atoms with van der Waals surface area (Å²) >= 11 is 3.79. The molecule has 2 atom stereocenters. The van der Waals surface area contributed by atoms with Crippen molar-refractivity contribution < 1.29 is 38.8 Å². The molecule has 2 aromatic rings. The van der Waals surface area contributed by atoms with Gasteiger partial charge in [0.1, 0.15) is 23.7 Å². The second-order valence-electron chi connectivity index (χ2n) is 7.92. The van der Waals surface area contributed by atoms with Crippen LogP contribution in [0.2, 0.25) is 0 Å². The lowest BCUT2D eigenvalue weighted by Crippen LogP contribution is -2.71. The van der Waals surface area contributed by atoms with Crippen molar-refractivity contribution in [2.45, 2.75) is 29.8 Å². The summed E-state index contributed by atoms with van der Waals surface area (Å²) < 4.78 is 1.50. The number of nitrogens with two attached hydrogens (primary N) is 1. The molecule has 2 amide bonds. The largest absolute Gasteiger partial charge is 0.543 e. The molecule has 0 saturated carbocycles. The fourth-order valence-corrected chi connectivity index (χ4v) is 6.61. The van der Waals surface area contributed by atoms with E-state index in [-0.39, 0.29) is 41.1 Å². The Morgan fingerprint density at radius 3 is 2.74 bits per heavy atom. The van der Waals surface area contributed by atoms with Crippen molar-refractivity contribution in [3.05, 3.63) is 46.9 Å². The van der Waals surface area contributed by atoms with E-state index in [1.165, 1.54) is 33.5 Å². The lowest BCUT2D eigenvalue weighted by Gasteiger charge is -2.50. The highest BCUT2D eigenvalue weighted by Crippen LogP contribution is 2.41. The predicted octanol–water partition coefficient (Wildman–Crippen LogP) is -0.966. The summed E-state index contributed by atoms with van der Waals surface area (Å²) in [5.74, 6) is -3.14. The van der Waals surface area contributed by atoms with Gasteiger partial charge in [-0.25, -0.2) is 9.78 Å².